The van der Waals surface area contributed by atoms with Gasteiger partial charge in [0.25, 0.3) is 0 Å². The second-order valence-corrected chi connectivity index (χ2v) is 4.17. The van der Waals surface area contributed by atoms with Gasteiger partial charge in [0.2, 0.25) is 0 Å². The molecule has 2 heteroatoms. The summed E-state index contributed by atoms with van der Waals surface area (Å²) in [5, 5.41) is 9.66. The molecule has 0 unspecified atom stereocenters. The van der Waals surface area contributed by atoms with Crippen molar-refractivity contribution in [3.63, 3.8) is 0 Å². The highest BCUT2D eigenvalue weighted by atomic mass is 16.3. The van der Waals surface area contributed by atoms with Gasteiger partial charge in [-0.15, -0.1) is 0 Å². The normalized spacial score (nSPS) is 18.2. The first kappa shape index (κ1) is 10.2. The molecule has 0 aliphatic carbocycles. The smallest absolute Gasteiger partial charge is 0.105 e. The summed E-state index contributed by atoms with van der Waals surface area (Å²) in [5.41, 5.74) is 2.45. The minimum atomic E-state index is 0.553. The van der Waals surface area contributed by atoms with E-state index >= 15 is 0 Å². The van der Waals surface area contributed by atoms with E-state index in [2.05, 4.69) is 29.2 Å². The molecule has 0 amide bonds. The molecule has 0 aromatic heterocycles. The topological polar surface area (TPSA) is 23.5 Å². The standard InChI is InChI=1S/C13H17NO/c1-11-7-8-14(10-13(11)15)9-12-5-3-2-4-6-12/h2-6,15H,7-10H2,1H3. The quantitative estimate of drug-likeness (QED) is 0.799. The predicted octanol–water partition coefficient (Wildman–Crippen LogP) is 2.72. The van der Waals surface area contributed by atoms with Crippen LogP contribution in [0.2, 0.25) is 0 Å². The first-order valence-electron chi connectivity index (χ1n) is 5.39. The molecule has 1 aromatic rings. The molecule has 80 valence electrons. The van der Waals surface area contributed by atoms with Crippen LogP contribution in [0.25, 0.3) is 0 Å². The molecule has 1 aromatic carbocycles. The molecule has 0 saturated heterocycles. The van der Waals surface area contributed by atoms with Crippen LogP contribution in [-0.2, 0) is 6.54 Å². The van der Waals surface area contributed by atoms with Crippen LogP contribution in [0, 0.1) is 0 Å². The minimum absolute atomic E-state index is 0.553. The van der Waals surface area contributed by atoms with E-state index in [-0.39, 0.29) is 0 Å². The molecule has 1 aliphatic rings. The number of nitrogens with zero attached hydrogens (tertiary/aromatic N) is 1. The summed E-state index contributed by atoms with van der Waals surface area (Å²) in [6.45, 7) is 4.68. The molecule has 0 saturated carbocycles. The largest absolute Gasteiger partial charge is 0.511 e. The summed E-state index contributed by atoms with van der Waals surface area (Å²) in [4.78, 5) is 2.28. The van der Waals surface area contributed by atoms with Gasteiger partial charge in [0.1, 0.15) is 5.76 Å². The van der Waals surface area contributed by atoms with E-state index in [4.69, 9.17) is 0 Å². The Morgan fingerprint density at radius 3 is 2.67 bits per heavy atom. The monoisotopic (exact) mass is 203 g/mol. The van der Waals surface area contributed by atoms with Crippen molar-refractivity contribution in [2.45, 2.75) is 19.9 Å². The first-order chi connectivity index (χ1) is 7.25. The predicted molar refractivity (Wildman–Crippen MR) is 61.7 cm³/mol. The maximum Gasteiger partial charge on any atom is 0.105 e. The molecule has 0 fully saturated rings. The lowest BCUT2D eigenvalue weighted by molar-refractivity contribution is 0.221. The summed E-state index contributed by atoms with van der Waals surface area (Å²) in [5.74, 6) is 0.553. The zero-order valence-corrected chi connectivity index (χ0v) is 9.11. The van der Waals surface area contributed by atoms with Crippen LogP contribution in [-0.4, -0.2) is 23.1 Å². The molecular weight excluding hydrogens is 186 g/mol. The van der Waals surface area contributed by atoms with E-state index < -0.39 is 0 Å². The van der Waals surface area contributed by atoms with Gasteiger partial charge in [-0.3, -0.25) is 4.90 Å². The highest BCUT2D eigenvalue weighted by Crippen LogP contribution is 2.17. The van der Waals surface area contributed by atoms with Crippen molar-refractivity contribution < 1.29 is 5.11 Å². The maximum atomic E-state index is 9.66. The van der Waals surface area contributed by atoms with Crippen molar-refractivity contribution in [1.29, 1.82) is 0 Å². The van der Waals surface area contributed by atoms with E-state index in [1.165, 1.54) is 5.56 Å². The van der Waals surface area contributed by atoms with Gasteiger partial charge >= 0.3 is 0 Å². The van der Waals surface area contributed by atoms with Crippen molar-refractivity contribution in [1.82, 2.24) is 4.90 Å². The lowest BCUT2D eigenvalue weighted by atomic mass is 10.1. The Bertz CT molecular complexity index is 356. The lowest BCUT2D eigenvalue weighted by Crippen LogP contribution is -2.30. The average molecular weight is 203 g/mol. The zero-order valence-electron chi connectivity index (χ0n) is 9.11. The minimum Gasteiger partial charge on any atom is -0.511 e. The number of hydrogen-bond donors (Lipinski definition) is 1. The van der Waals surface area contributed by atoms with Crippen molar-refractivity contribution in [3.05, 3.63) is 47.2 Å². The van der Waals surface area contributed by atoms with Crippen LogP contribution in [0.1, 0.15) is 18.9 Å². The van der Waals surface area contributed by atoms with Gasteiger partial charge in [-0.05, 0) is 24.5 Å². The van der Waals surface area contributed by atoms with Gasteiger partial charge in [0, 0.05) is 13.1 Å². The van der Waals surface area contributed by atoms with E-state index in [0.717, 1.165) is 25.1 Å². The van der Waals surface area contributed by atoms with E-state index in [1.54, 1.807) is 0 Å². The molecule has 0 radical (unpaired) electrons. The molecule has 2 rings (SSSR count). The Balaban J connectivity index is 1.98. The fraction of sp³-hybridized carbons (Fsp3) is 0.385. The Hall–Kier alpha value is -1.28. The van der Waals surface area contributed by atoms with E-state index in [9.17, 15) is 5.11 Å². The number of aliphatic hydroxyl groups excluding tert-OH is 1. The molecule has 0 spiro atoms. The number of benzene rings is 1. The fourth-order valence-corrected chi connectivity index (χ4v) is 1.87. The second kappa shape index (κ2) is 4.49. The van der Waals surface area contributed by atoms with Crippen LogP contribution in [0.3, 0.4) is 0 Å². The van der Waals surface area contributed by atoms with Gasteiger partial charge in [-0.2, -0.15) is 0 Å². The zero-order chi connectivity index (χ0) is 10.7. The Labute approximate surface area is 90.8 Å². The third kappa shape index (κ3) is 2.60. The van der Waals surface area contributed by atoms with Crippen molar-refractivity contribution >= 4 is 0 Å². The van der Waals surface area contributed by atoms with Crippen LogP contribution in [0.15, 0.2) is 41.7 Å². The van der Waals surface area contributed by atoms with Gasteiger partial charge < -0.3 is 5.11 Å². The molecule has 1 heterocycles. The van der Waals surface area contributed by atoms with Crippen LogP contribution in [0.4, 0.5) is 0 Å². The molecule has 0 atom stereocenters. The lowest BCUT2D eigenvalue weighted by Gasteiger charge is -2.27. The average Bonchev–Trinajstić information content (AvgIpc) is 2.25. The molecular formula is C13H17NO. The second-order valence-electron chi connectivity index (χ2n) is 4.17. The summed E-state index contributed by atoms with van der Waals surface area (Å²) >= 11 is 0. The SMILES string of the molecule is CC1=C(O)CN(Cc2ccccc2)CC1. The molecule has 1 aliphatic heterocycles. The van der Waals surface area contributed by atoms with E-state index in [0.29, 0.717) is 12.3 Å². The van der Waals surface area contributed by atoms with Crippen molar-refractivity contribution in [3.8, 4) is 0 Å². The highest BCUT2D eigenvalue weighted by Gasteiger charge is 2.15. The molecule has 0 bridgehead atoms. The van der Waals surface area contributed by atoms with Gasteiger partial charge in [0.05, 0.1) is 6.54 Å². The van der Waals surface area contributed by atoms with E-state index in [1.807, 2.05) is 13.0 Å². The van der Waals surface area contributed by atoms with Crippen molar-refractivity contribution in [2.24, 2.45) is 0 Å². The van der Waals surface area contributed by atoms with Gasteiger partial charge in [-0.25, -0.2) is 0 Å². The van der Waals surface area contributed by atoms with Crippen LogP contribution < -0.4 is 0 Å². The van der Waals surface area contributed by atoms with Crippen LogP contribution >= 0.6 is 0 Å². The summed E-state index contributed by atoms with van der Waals surface area (Å²) in [6, 6.07) is 10.4. The third-order valence-electron chi connectivity index (χ3n) is 2.92. The summed E-state index contributed by atoms with van der Waals surface area (Å²) in [6.07, 6.45) is 0.985. The summed E-state index contributed by atoms with van der Waals surface area (Å²) < 4.78 is 0. The fourth-order valence-electron chi connectivity index (χ4n) is 1.87. The van der Waals surface area contributed by atoms with Gasteiger partial charge in [0.15, 0.2) is 0 Å². The molecule has 15 heavy (non-hydrogen) atoms. The molecule has 2 nitrogen and oxygen atoms in total. The summed E-state index contributed by atoms with van der Waals surface area (Å²) in [7, 11) is 0. The maximum absolute atomic E-state index is 9.66. The Morgan fingerprint density at radius 1 is 1.27 bits per heavy atom. The van der Waals surface area contributed by atoms with Crippen LogP contribution in [0.5, 0.6) is 0 Å². The van der Waals surface area contributed by atoms with Gasteiger partial charge in [-0.1, -0.05) is 30.3 Å². The Kier molecular flexibility index (Phi) is 3.07. The Morgan fingerprint density at radius 2 is 2.00 bits per heavy atom. The van der Waals surface area contributed by atoms with Crippen molar-refractivity contribution in [2.75, 3.05) is 13.1 Å². The first-order valence-corrected chi connectivity index (χ1v) is 5.39. The number of aliphatic hydroxyl groups is 1. The number of hydrogen-bond acceptors (Lipinski definition) is 2. The molecule has 1 N–H and O–H groups in total. The highest BCUT2D eigenvalue weighted by molar-refractivity contribution is 5.16. The number of rotatable bonds is 2. The third-order valence-corrected chi connectivity index (χ3v) is 2.92.